The number of rotatable bonds is 6. The molecule has 0 saturated heterocycles. The highest BCUT2D eigenvalue weighted by Gasteiger charge is 2.35. The van der Waals surface area contributed by atoms with Gasteiger partial charge in [0.2, 0.25) is 0 Å². The van der Waals surface area contributed by atoms with Gasteiger partial charge in [-0.05, 0) is 35.0 Å². The van der Waals surface area contributed by atoms with Gasteiger partial charge in [0, 0.05) is 18.5 Å². The van der Waals surface area contributed by atoms with Gasteiger partial charge in [-0.25, -0.2) is 4.99 Å². The van der Waals surface area contributed by atoms with E-state index in [1.807, 2.05) is 42.5 Å². The van der Waals surface area contributed by atoms with E-state index in [0.717, 1.165) is 16.5 Å². The van der Waals surface area contributed by atoms with Gasteiger partial charge in [0.15, 0.2) is 12.0 Å². The summed E-state index contributed by atoms with van der Waals surface area (Å²) in [5.41, 5.74) is 1.27. The minimum absolute atomic E-state index is 0.0902. The van der Waals surface area contributed by atoms with Crippen LogP contribution < -0.4 is 10.2 Å². The molecule has 3 aromatic rings. The molecule has 2 unspecified atom stereocenters. The lowest BCUT2D eigenvalue weighted by Crippen LogP contribution is -2.49. The Hall–Kier alpha value is -3.25. The van der Waals surface area contributed by atoms with Crippen LogP contribution in [-0.2, 0) is 10.8 Å². The van der Waals surface area contributed by atoms with Crippen molar-refractivity contribution < 1.29 is 13.7 Å². The number of aliphatic hydroxyl groups excluding tert-OH is 1. The van der Waals surface area contributed by atoms with E-state index in [9.17, 15) is 14.6 Å². The first-order chi connectivity index (χ1) is 14.6. The van der Waals surface area contributed by atoms with Gasteiger partial charge in [-0.15, -0.1) is 0 Å². The maximum absolute atomic E-state index is 12.8. The van der Waals surface area contributed by atoms with Crippen LogP contribution in [0.3, 0.4) is 0 Å². The fourth-order valence-electron chi connectivity index (χ4n) is 3.48. The van der Waals surface area contributed by atoms with E-state index in [2.05, 4.69) is 11.4 Å². The highest BCUT2D eigenvalue weighted by molar-refractivity contribution is 7.88. The number of anilines is 1. The minimum Gasteiger partial charge on any atom is -0.463 e. The van der Waals surface area contributed by atoms with Crippen molar-refractivity contribution in [3.63, 3.8) is 0 Å². The second-order valence-corrected chi connectivity index (χ2v) is 7.95. The van der Waals surface area contributed by atoms with E-state index in [1.54, 1.807) is 17.0 Å². The van der Waals surface area contributed by atoms with Crippen molar-refractivity contribution in [2.75, 3.05) is 24.3 Å². The lowest BCUT2D eigenvalue weighted by atomic mass is 10.1. The molecule has 0 aliphatic carbocycles. The van der Waals surface area contributed by atoms with Gasteiger partial charge in [0.1, 0.15) is 22.4 Å². The minimum atomic E-state index is -1.50. The number of fused-ring (bicyclic) bond motifs is 1. The van der Waals surface area contributed by atoms with Gasteiger partial charge >= 0.3 is 0 Å². The first-order valence-electron chi connectivity index (χ1n) is 9.36. The summed E-state index contributed by atoms with van der Waals surface area (Å²) < 4.78 is 18.3. The average Bonchev–Trinajstić information content (AvgIpc) is 3.30. The highest BCUT2D eigenvalue weighted by atomic mass is 32.2. The third-order valence-corrected chi connectivity index (χ3v) is 5.70. The molecule has 0 amide bonds. The third kappa shape index (κ3) is 3.66. The van der Waals surface area contributed by atoms with Gasteiger partial charge in [0.25, 0.3) is 0 Å². The Labute approximate surface area is 176 Å². The third-order valence-electron chi connectivity index (χ3n) is 4.75. The second kappa shape index (κ2) is 8.63. The number of nitriles is 1. The quantitative estimate of drug-likeness (QED) is 0.636. The SMILES string of the molecule is CS(=O)C1=C(C#N)C(c2ccco2)=NC(NCCO)N1c1ccc2ccccc2c1. The van der Waals surface area contributed by atoms with Crippen molar-refractivity contribution in [2.45, 2.75) is 6.29 Å². The number of hydrogen-bond donors (Lipinski definition) is 2. The lowest BCUT2D eigenvalue weighted by Gasteiger charge is -2.36. The summed E-state index contributed by atoms with van der Waals surface area (Å²) in [4.78, 5) is 6.45. The predicted molar refractivity (Wildman–Crippen MR) is 117 cm³/mol. The van der Waals surface area contributed by atoms with Crippen LogP contribution in [0, 0.1) is 11.3 Å². The number of benzene rings is 2. The summed E-state index contributed by atoms with van der Waals surface area (Å²) in [6.45, 7) is 0.183. The fraction of sp³-hybridized carbons (Fsp3) is 0.182. The molecule has 0 fully saturated rings. The summed E-state index contributed by atoms with van der Waals surface area (Å²) in [6, 6.07) is 19.4. The van der Waals surface area contributed by atoms with Gasteiger partial charge in [-0.3, -0.25) is 14.4 Å². The second-order valence-electron chi connectivity index (χ2n) is 6.65. The number of aliphatic imine (C=N–C) groups is 1. The summed E-state index contributed by atoms with van der Waals surface area (Å²) in [5.74, 6) is 0.420. The molecule has 2 atom stereocenters. The molecule has 4 rings (SSSR count). The number of aliphatic hydroxyl groups is 1. The van der Waals surface area contributed by atoms with Crippen LogP contribution in [0.15, 0.2) is 80.9 Å². The molecule has 0 radical (unpaired) electrons. The molecule has 1 aliphatic rings. The normalized spacial score (nSPS) is 17.7. The van der Waals surface area contributed by atoms with Crippen LogP contribution in [0.5, 0.6) is 0 Å². The molecular weight excluding hydrogens is 400 g/mol. The maximum Gasteiger partial charge on any atom is 0.181 e. The Balaban J connectivity index is 1.92. The van der Waals surface area contributed by atoms with Crippen LogP contribution in [0.25, 0.3) is 10.8 Å². The van der Waals surface area contributed by atoms with Crippen LogP contribution in [0.4, 0.5) is 5.69 Å². The number of allylic oxidation sites excluding steroid dienone is 1. The molecular formula is C22H20N4O3S. The van der Waals surface area contributed by atoms with Crippen molar-refractivity contribution >= 4 is 33.0 Å². The van der Waals surface area contributed by atoms with Crippen molar-refractivity contribution in [3.05, 3.63) is 77.2 Å². The van der Waals surface area contributed by atoms with Gasteiger partial charge in [-0.2, -0.15) is 5.26 Å². The van der Waals surface area contributed by atoms with Crippen molar-refractivity contribution in [3.8, 4) is 6.07 Å². The van der Waals surface area contributed by atoms with E-state index >= 15 is 0 Å². The Morgan fingerprint density at radius 1 is 1.23 bits per heavy atom. The largest absolute Gasteiger partial charge is 0.463 e. The van der Waals surface area contributed by atoms with Gasteiger partial charge < -0.3 is 9.52 Å². The van der Waals surface area contributed by atoms with E-state index < -0.39 is 17.1 Å². The maximum atomic E-state index is 12.8. The van der Waals surface area contributed by atoms with Crippen LogP contribution in [0.2, 0.25) is 0 Å². The standard InChI is InChI=1S/C22H20N4O3S/c1-30(28)21-18(14-23)20(19-7-4-12-29-19)25-22(24-10-11-27)26(21)17-9-8-15-5-2-3-6-16(15)13-17/h2-9,12-13,22,24,27H,10-11H2,1H3. The molecule has 2 N–H and O–H groups in total. The van der Waals surface area contributed by atoms with Crippen molar-refractivity contribution in [1.29, 1.82) is 5.26 Å². The van der Waals surface area contributed by atoms with Crippen molar-refractivity contribution in [2.24, 2.45) is 4.99 Å². The van der Waals surface area contributed by atoms with Crippen molar-refractivity contribution in [1.82, 2.24) is 5.32 Å². The molecule has 0 saturated carbocycles. The Morgan fingerprint density at radius 2 is 2.03 bits per heavy atom. The zero-order chi connectivity index (χ0) is 21.1. The molecule has 30 heavy (non-hydrogen) atoms. The molecule has 1 aromatic heterocycles. The molecule has 152 valence electrons. The number of nitrogens with one attached hydrogen (secondary N) is 1. The Kier molecular flexibility index (Phi) is 5.77. The smallest absolute Gasteiger partial charge is 0.181 e. The molecule has 0 spiro atoms. The highest BCUT2D eigenvalue weighted by Crippen LogP contribution is 2.33. The first-order valence-corrected chi connectivity index (χ1v) is 10.9. The van der Waals surface area contributed by atoms with E-state index in [1.165, 1.54) is 12.5 Å². The number of furan rings is 1. The zero-order valence-corrected chi connectivity index (χ0v) is 17.1. The molecule has 2 heterocycles. The van der Waals surface area contributed by atoms with Crippen LogP contribution in [-0.4, -0.2) is 40.7 Å². The molecule has 0 bridgehead atoms. The summed E-state index contributed by atoms with van der Waals surface area (Å²) in [6.07, 6.45) is 2.37. The van der Waals surface area contributed by atoms with Crippen LogP contribution >= 0.6 is 0 Å². The lowest BCUT2D eigenvalue weighted by molar-refractivity contribution is 0.284. The molecule has 8 heteroatoms. The zero-order valence-electron chi connectivity index (χ0n) is 16.3. The van der Waals surface area contributed by atoms with E-state index in [-0.39, 0.29) is 18.7 Å². The van der Waals surface area contributed by atoms with E-state index in [0.29, 0.717) is 16.5 Å². The average molecular weight is 420 g/mol. The predicted octanol–water partition coefficient (Wildman–Crippen LogP) is 2.72. The fourth-order valence-corrected chi connectivity index (χ4v) is 4.39. The summed E-state index contributed by atoms with van der Waals surface area (Å²) in [5, 5.41) is 24.8. The van der Waals surface area contributed by atoms with Gasteiger partial charge in [0.05, 0.1) is 23.7 Å². The topological polar surface area (TPSA) is 102 Å². The Morgan fingerprint density at radius 3 is 2.70 bits per heavy atom. The molecule has 2 aromatic carbocycles. The first kappa shape index (κ1) is 20.0. The monoisotopic (exact) mass is 420 g/mol. The summed E-state index contributed by atoms with van der Waals surface area (Å²) >= 11 is 0. The number of nitrogens with zero attached hydrogens (tertiary/aromatic N) is 3. The molecule has 1 aliphatic heterocycles. The summed E-state index contributed by atoms with van der Waals surface area (Å²) in [7, 11) is -1.50. The Bertz CT molecular complexity index is 1190. The van der Waals surface area contributed by atoms with Crippen LogP contribution in [0.1, 0.15) is 5.76 Å². The van der Waals surface area contributed by atoms with Gasteiger partial charge in [-0.1, -0.05) is 30.3 Å². The molecule has 7 nitrogen and oxygen atoms in total. The van der Waals surface area contributed by atoms with E-state index in [4.69, 9.17) is 9.41 Å². The number of hydrogen-bond acceptors (Lipinski definition) is 7.